The Morgan fingerprint density at radius 1 is 0.469 bits per heavy atom. The van der Waals surface area contributed by atoms with Gasteiger partial charge in [0.25, 0.3) is 0 Å². The van der Waals surface area contributed by atoms with Crippen LogP contribution >= 0.6 is 12.4 Å². The predicted molar refractivity (Wildman–Crippen MR) is 504 cm³/mol. The van der Waals surface area contributed by atoms with Crippen LogP contribution in [0.2, 0.25) is 0 Å². The van der Waals surface area contributed by atoms with Crippen molar-refractivity contribution in [1.29, 1.82) is 0 Å². The molecule has 0 spiro atoms. The number of halogens is 1. The van der Waals surface area contributed by atoms with E-state index in [9.17, 15) is 38.7 Å². The number of rotatable bonds is 23. The first-order chi connectivity index (χ1) is 59.7. The number of ether oxygens (including phenoxy) is 8. The lowest BCUT2D eigenvalue weighted by Crippen LogP contribution is -2.20. The average Bonchev–Trinajstić information content (AvgIpc) is 1.63. The number of esters is 1. The van der Waals surface area contributed by atoms with Gasteiger partial charge in [-0.1, -0.05) is 93.5 Å². The minimum atomic E-state index is -0.972. The fourth-order valence-corrected chi connectivity index (χ4v) is 12.1. The van der Waals surface area contributed by atoms with Crippen LogP contribution in [0.1, 0.15) is 223 Å². The fraction of sp³-hybridized carbons (Fsp3) is 0.385. The van der Waals surface area contributed by atoms with Crippen LogP contribution in [0.25, 0.3) is 21.8 Å². The number of Topliss-reactive ketones (excluding diaryl/α,β-unsaturated/α-hetero) is 2. The Morgan fingerprint density at radius 3 is 1.23 bits per heavy atom. The summed E-state index contributed by atoms with van der Waals surface area (Å²) >= 11 is 0. The van der Waals surface area contributed by atoms with E-state index in [0.29, 0.717) is 70.0 Å². The average molecular weight is 1790 g/mol. The highest BCUT2D eigenvalue weighted by Gasteiger charge is 2.23. The van der Waals surface area contributed by atoms with Crippen molar-refractivity contribution in [3.8, 4) is 46.0 Å². The number of fused-ring (bicyclic) bond motifs is 2. The number of nitrogens with two attached hydrogens (primary N) is 3. The van der Waals surface area contributed by atoms with Gasteiger partial charge in [0, 0.05) is 137 Å². The first-order valence-corrected chi connectivity index (χ1v) is 40.7. The first-order valence-electron chi connectivity index (χ1n) is 40.7. The highest BCUT2D eigenvalue weighted by atomic mass is 35.5. The van der Waals surface area contributed by atoms with Gasteiger partial charge in [-0.15, -0.1) is 12.4 Å². The van der Waals surface area contributed by atoms with Gasteiger partial charge in [-0.2, -0.15) is 24.2 Å². The number of hydrogen-bond donors (Lipinski definition) is 10. The molecule has 3 heterocycles. The molecule has 128 heavy (non-hydrogen) atoms. The molecule has 0 saturated carbocycles. The van der Waals surface area contributed by atoms with E-state index in [0.717, 1.165) is 75.3 Å². The van der Waals surface area contributed by atoms with E-state index >= 15 is 0 Å². The van der Waals surface area contributed by atoms with Crippen molar-refractivity contribution in [2.24, 2.45) is 5.92 Å². The van der Waals surface area contributed by atoms with Crippen LogP contribution in [0.3, 0.4) is 0 Å². The Balaban J connectivity index is 0.00000144. The van der Waals surface area contributed by atoms with Crippen LogP contribution < -0.4 is 71.6 Å². The Bertz CT molecular complexity index is 5320. The molecule has 13 N–H and O–H groups in total. The maximum atomic E-state index is 11.2. The van der Waals surface area contributed by atoms with Crippen molar-refractivity contribution in [3.05, 3.63) is 183 Å². The number of aryl methyl sites for hydroxylation is 4. The number of nitrogens with zero attached hydrogens (tertiary/aromatic N) is 2. The molecule has 32 heteroatoms. The summed E-state index contributed by atoms with van der Waals surface area (Å²) in [5.74, 6) is 5.90. The van der Waals surface area contributed by atoms with Crippen molar-refractivity contribution < 1.29 is 95.7 Å². The standard InChI is InChI=1S/C18H23N5O.C15H21NO.C12H17NO3.C12H17NO2.C11H13NO3.C10H15NO.C9H11NO2.C7H12O3.2CO2.ClH/c1-5-13-10(4)12-6-11(9(2)3)15(7-14(12)22-13)24-16-8-21-18(20)23-17(16)19;1-6-13-10(4)12-7-11(9(2)3)15(17-5)8-14(12)16-13;1-8(14)13-9-5-6-10(12(2,3)15)11(7-9)16-4;1-8(2)11-6-5-10(13-9(3)14)7-12(11)15-4;1-7(13)10-5-4-9(12-8(2)14)6-11(10)15-3;1-7(2)9-5-4-8(11)6-10(9)12-3;1-7(11)10-8-4-3-5-9(6-8)12-2;1-4-10-7(9)5(2)6(3)8;2*2-1-3;/h6-9,22H,5H2,1-4H3,(H4,19,20,21,23);7-9,16H,6H2,1-5H3;5-7,15H,1-4H3,(H,13,14);5-8H,1-4H3,(H,13,14);4-6H,1-3H3,(H,12,14);4-7H,11H2,1-3H3;3-6H,1-2H3,(H,10,11);5H,4H2,1-3H3;;;1H. The topological polar surface area (TPSA) is 465 Å². The molecular formula is C96H130ClN11O20. The number of carbonyl (C=O) groups is 7. The third-order valence-electron chi connectivity index (χ3n) is 18.6. The molecule has 0 saturated heterocycles. The van der Waals surface area contributed by atoms with Gasteiger partial charge < -0.3 is 91.4 Å². The highest BCUT2D eigenvalue weighted by molar-refractivity contribution is 5.99. The van der Waals surface area contributed by atoms with Gasteiger partial charge in [0.2, 0.25) is 29.6 Å². The number of nitrogens with one attached hydrogen (secondary N) is 6. The summed E-state index contributed by atoms with van der Waals surface area (Å²) in [6, 6.07) is 37.4. The molecule has 0 bridgehead atoms. The molecular weight excluding hydrogens is 1660 g/mol. The number of H-pyrrole nitrogens is 2. The molecule has 0 aliphatic heterocycles. The number of aromatic amines is 2. The maximum Gasteiger partial charge on any atom is 0.373 e. The largest absolute Gasteiger partial charge is 0.497 e. The van der Waals surface area contributed by atoms with Crippen LogP contribution in [0.15, 0.2) is 128 Å². The Hall–Kier alpha value is -13.6. The molecule has 696 valence electrons. The van der Waals surface area contributed by atoms with E-state index in [1.165, 1.54) is 112 Å². The van der Waals surface area contributed by atoms with Gasteiger partial charge in [-0.05, 0) is 180 Å². The Labute approximate surface area is 757 Å². The second-order valence-electron chi connectivity index (χ2n) is 30.0. The smallest absolute Gasteiger partial charge is 0.373 e. The number of carbonyl (C=O) groups excluding carboxylic acids is 11. The minimum Gasteiger partial charge on any atom is -0.497 e. The molecule has 1 unspecified atom stereocenters. The highest BCUT2D eigenvalue weighted by Crippen LogP contribution is 2.39. The molecule has 1 atom stereocenters. The summed E-state index contributed by atoms with van der Waals surface area (Å²) in [5.41, 5.74) is 33.0. The molecule has 0 fully saturated rings. The fourth-order valence-electron chi connectivity index (χ4n) is 12.1. The molecule has 7 aromatic carbocycles. The van der Waals surface area contributed by atoms with Crippen molar-refractivity contribution >= 4 is 128 Å². The molecule has 0 aliphatic rings. The van der Waals surface area contributed by atoms with E-state index in [1.807, 2.05) is 60.7 Å². The Kier molecular flexibility index (Phi) is 51.7. The molecule has 4 amide bonds. The molecule has 10 aromatic rings. The number of nitrogen functional groups attached to an aromatic ring is 3. The number of methoxy groups -OCH3 is 6. The van der Waals surface area contributed by atoms with Crippen LogP contribution in [0, 0.1) is 19.8 Å². The maximum absolute atomic E-state index is 11.2. The molecule has 31 nitrogen and oxygen atoms in total. The second kappa shape index (κ2) is 57.8. The Morgan fingerprint density at radius 2 is 0.852 bits per heavy atom. The van der Waals surface area contributed by atoms with Crippen LogP contribution in [0.4, 0.5) is 40.2 Å². The van der Waals surface area contributed by atoms with E-state index in [4.69, 9.17) is 69.5 Å². The van der Waals surface area contributed by atoms with E-state index in [1.54, 1.807) is 98.6 Å². The van der Waals surface area contributed by atoms with Crippen molar-refractivity contribution in [1.82, 2.24) is 19.9 Å². The van der Waals surface area contributed by atoms with Gasteiger partial charge in [0.15, 0.2) is 17.4 Å². The third kappa shape index (κ3) is 38.5. The number of benzene rings is 7. The lowest BCUT2D eigenvalue weighted by Gasteiger charge is -2.21. The van der Waals surface area contributed by atoms with Crippen LogP contribution in [-0.4, -0.2) is 128 Å². The van der Waals surface area contributed by atoms with Gasteiger partial charge >= 0.3 is 18.3 Å². The third-order valence-corrected chi connectivity index (χ3v) is 18.6. The zero-order chi connectivity index (χ0) is 96.9. The summed E-state index contributed by atoms with van der Waals surface area (Å²) in [6.07, 6.45) is 4.01. The number of hydrogen-bond acceptors (Lipinski definition) is 25. The van der Waals surface area contributed by atoms with Crippen molar-refractivity contribution in [2.75, 3.05) is 87.7 Å². The zero-order valence-corrected chi connectivity index (χ0v) is 79.7. The van der Waals surface area contributed by atoms with E-state index < -0.39 is 17.5 Å². The summed E-state index contributed by atoms with van der Waals surface area (Å²) < 4.78 is 41.8. The quantitative estimate of drug-likeness (QED) is 0.0123. The minimum absolute atomic E-state index is 0. The second-order valence-corrected chi connectivity index (χ2v) is 30.0. The monoisotopic (exact) mass is 1790 g/mol. The summed E-state index contributed by atoms with van der Waals surface area (Å²) in [5, 5.41) is 23.1. The van der Waals surface area contributed by atoms with Gasteiger partial charge in [-0.3, -0.25) is 33.6 Å². The molecule has 3 aromatic heterocycles. The van der Waals surface area contributed by atoms with Gasteiger partial charge in [-0.25, -0.2) is 4.98 Å². The summed E-state index contributed by atoms with van der Waals surface area (Å²) in [7, 11) is 9.65. The number of ketones is 2. The van der Waals surface area contributed by atoms with E-state index in [2.05, 4.69) is 147 Å². The first kappa shape index (κ1) is 114. The molecule has 10 rings (SSSR count). The molecule has 0 aliphatic carbocycles. The summed E-state index contributed by atoms with van der Waals surface area (Å²) in [6.45, 7) is 41.4. The normalized spacial score (nSPS) is 10.3. The van der Waals surface area contributed by atoms with Crippen molar-refractivity contribution in [3.63, 3.8) is 0 Å². The van der Waals surface area contributed by atoms with Crippen molar-refractivity contribution in [2.45, 2.75) is 194 Å². The number of anilines is 7. The lowest BCUT2D eigenvalue weighted by atomic mass is 9.97. The van der Waals surface area contributed by atoms with Gasteiger partial charge in [0.1, 0.15) is 51.9 Å². The van der Waals surface area contributed by atoms with Crippen LogP contribution in [-0.2, 0) is 71.1 Å². The van der Waals surface area contributed by atoms with E-state index in [-0.39, 0.29) is 71.7 Å². The zero-order valence-electron chi connectivity index (χ0n) is 78.9. The predicted octanol–water partition coefficient (Wildman–Crippen LogP) is 18.7. The SMILES string of the molecule is CCOC(=O)C(C)C(C)=O.CCc1[nH]c2cc(OC)c(C(C)C)cc2c1C.CCc1[nH]c2cc(Oc3cnc(N)nc3N)c(C(C)C)cc2c1C.COc1cc(N)ccc1C(C)C.COc1cc(NC(C)=O)ccc1C(C)(C)O.COc1cc(NC(C)=O)ccc1C(C)=O.COc1cc(NC(C)=O)ccc1C(C)C.COc1cccc(NC(C)=O)c1.Cl.O=C=O.O=C=O. The number of amides is 4. The van der Waals surface area contributed by atoms with Gasteiger partial charge in [0.05, 0.1) is 66.6 Å². The summed E-state index contributed by atoms with van der Waals surface area (Å²) in [4.78, 5) is 123. The number of aromatic nitrogens is 4. The number of aliphatic hydroxyl groups is 1. The lowest BCUT2D eigenvalue weighted by molar-refractivity contribution is -0.193. The molecule has 0 radical (unpaired) electrons. The van der Waals surface area contributed by atoms with Crippen LogP contribution in [0.5, 0.6) is 46.0 Å².